The lowest BCUT2D eigenvalue weighted by molar-refractivity contribution is -0.384. The van der Waals surface area contributed by atoms with E-state index in [0.717, 1.165) is 30.0 Å². The van der Waals surface area contributed by atoms with Crippen molar-refractivity contribution in [3.8, 4) is 5.75 Å². The average molecular weight is 286 g/mol. The summed E-state index contributed by atoms with van der Waals surface area (Å²) in [6.07, 6.45) is 0. The van der Waals surface area contributed by atoms with Crippen LogP contribution >= 0.6 is 0 Å². The zero-order valence-electron chi connectivity index (χ0n) is 11.9. The molecule has 0 aliphatic rings. The van der Waals surface area contributed by atoms with Gasteiger partial charge in [0.1, 0.15) is 12.4 Å². The molecule has 1 N–H and O–H groups in total. The van der Waals surface area contributed by atoms with Crippen LogP contribution in [0.1, 0.15) is 18.1 Å². The van der Waals surface area contributed by atoms with E-state index in [0.29, 0.717) is 6.61 Å². The molecule has 0 amide bonds. The summed E-state index contributed by atoms with van der Waals surface area (Å²) in [6.45, 7) is 3.98. The van der Waals surface area contributed by atoms with Gasteiger partial charge in [-0.1, -0.05) is 37.3 Å². The summed E-state index contributed by atoms with van der Waals surface area (Å²) in [5.41, 5.74) is 1.93. The largest absolute Gasteiger partial charge is 0.489 e. The smallest absolute Gasteiger partial charge is 0.269 e. The van der Waals surface area contributed by atoms with Crippen LogP contribution in [0.4, 0.5) is 5.69 Å². The molecule has 0 spiro atoms. The molecule has 2 rings (SSSR count). The minimum atomic E-state index is -0.400. The Bertz CT molecular complexity index is 614. The van der Waals surface area contributed by atoms with Gasteiger partial charge in [0.25, 0.3) is 5.69 Å². The standard InChI is InChI=1S/C16H18N2O3/c1-2-17-11-14-7-3-4-9-16(14)21-12-13-6-5-8-15(10-13)18(19)20/h3-10,17H,2,11-12H2,1H3. The maximum Gasteiger partial charge on any atom is 0.269 e. The Kier molecular flexibility index (Phi) is 5.29. The molecular formula is C16H18N2O3. The van der Waals surface area contributed by atoms with E-state index in [-0.39, 0.29) is 5.69 Å². The molecule has 5 heteroatoms. The number of benzene rings is 2. The van der Waals surface area contributed by atoms with E-state index >= 15 is 0 Å². The fourth-order valence-electron chi connectivity index (χ4n) is 1.97. The van der Waals surface area contributed by atoms with Crippen LogP contribution in [-0.2, 0) is 13.2 Å². The summed E-state index contributed by atoms with van der Waals surface area (Å²) >= 11 is 0. The Morgan fingerprint density at radius 2 is 2.00 bits per heavy atom. The van der Waals surface area contributed by atoms with Crippen molar-refractivity contribution in [3.05, 3.63) is 69.8 Å². The van der Waals surface area contributed by atoms with E-state index < -0.39 is 4.92 Å². The van der Waals surface area contributed by atoms with Gasteiger partial charge >= 0.3 is 0 Å². The number of nitro benzene ring substituents is 1. The Morgan fingerprint density at radius 1 is 1.19 bits per heavy atom. The Morgan fingerprint density at radius 3 is 2.76 bits per heavy atom. The number of ether oxygens (including phenoxy) is 1. The second kappa shape index (κ2) is 7.40. The Hall–Kier alpha value is -2.40. The highest BCUT2D eigenvalue weighted by atomic mass is 16.6. The molecule has 0 aliphatic carbocycles. The predicted molar refractivity (Wildman–Crippen MR) is 81.3 cm³/mol. The lowest BCUT2D eigenvalue weighted by atomic mass is 10.2. The van der Waals surface area contributed by atoms with Gasteiger partial charge < -0.3 is 10.1 Å². The molecule has 0 bridgehead atoms. The SMILES string of the molecule is CCNCc1ccccc1OCc1cccc([N+](=O)[O-])c1. The molecule has 0 unspecified atom stereocenters. The predicted octanol–water partition coefficient (Wildman–Crippen LogP) is 3.28. The van der Waals surface area contributed by atoms with E-state index in [9.17, 15) is 10.1 Å². The first-order valence-corrected chi connectivity index (χ1v) is 6.85. The third-order valence-corrected chi connectivity index (χ3v) is 3.05. The minimum absolute atomic E-state index is 0.0806. The van der Waals surface area contributed by atoms with Crippen molar-refractivity contribution in [1.82, 2.24) is 5.32 Å². The molecular weight excluding hydrogens is 268 g/mol. The third-order valence-electron chi connectivity index (χ3n) is 3.05. The Balaban J connectivity index is 2.06. The van der Waals surface area contributed by atoms with Crippen molar-refractivity contribution >= 4 is 5.69 Å². The van der Waals surface area contributed by atoms with Gasteiger partial charge in [-0.2, -0.15) is 0 Å². The summed E-state index contributed by atoms with van der Waals surface area (Å²) in [4.78, 5) is 10.4. The van der Waals surface area contributed by atoms with Crippen LogP contribution in [0.3, 0.4) is 0 Å². The van der Waals surface area contributed by atoms with E-state index in [1.54, 1.807) is 6.07 Å². The molecule has 0 radical (unpaired) electrons. The zero-order valence-corrected chi connectivity index (χ0v) is 11.9. The highest BCUT2D eigenvalue weighted by molar-refractivity contribution is 5.36. The van der Waals surface area contributed by atoms with E-state index in [1.165, 1.54) is 12.1 Å². The van der Waals surface area contributed by atoms with Crippen molar-refractivity contribution in [2.24, 2.45) is 0 Å². The van der Waals surface area contributed by atoms with Crippen LogP contribution in [0, 0.1) is 10.1 Å². The number of nitro groups is 1. The normalized spacial score (nSPS) is 10.3. The van der Waals surface area contributed by atoms with Crippen LogP contribution in [-0.4, -0.2) is 11.5 Å². The van der Waals surface area contributed by atoms with Gasteiger partial charge in [0.05, 0.1) is 4.92 Å². The summed E-state index contributed by atoms with van der Waals surface area (Å²) in [5.74, 6) is 0.796. The average Bonchev–Trinajstić information content (AvgIpc) is 2.52. The van der Waals surface area contributed by atoms with Crippen LogP contribution in [0.25, 0.3) is 0 Å². The van der Waals surface area contributed by atoms with Gasteiger partial charge in [-0.3, -0.25) is 10.1 Å². The molecule has 21 heavy (non-hydrogen) atoms. The first-order valence-electron chi connectivity index (χ1n) is 6.85. The van der Waals surface area contributed by atoms with Gasteiger partial charge in [-0.15, -0.1) is 0 Å². The molecule has 0 fully saturated rings. The molecule has 0 atom stereocenters. The second-order valence-electron chi connectivity index (χ2n) is 4.60. The zero-order chi connectivity index (χ0) is 15.1. The van der Waals surface area contributed by atoms with Crippen molar-refractivity contribution in [2.45, 2.75) is 20.1 Å². The number of non-ortho nitro benzene ring substituents is 1. The molecule has 0 aromatic heterocycles. The van der Waals surface area contributed by atoms with Crippen LogP contribution in [0.15, 0.2) is 48.5 Å². The third kappa shape index (κ3) is 4.29. The molecule has 0 saturated carbocycles. The van der Waals surface area contributed by atoms with Crippen LogP contribution < -0.4 is 10.1 Å². The van der Waals surface area contributed by atoms with Crippen LogP contribution in [0.5, 0.6) is 5.75 Å². The van der Waals surface area contributed by atoms with Crippen molar-refractivity contribution in [3.63, 3.8) is 0 Å². The topological polar surface area (TPSA) is 64.4 Å². The first-order chi connectivity index (χ1) is 10.2. The molecule has 2 aromatic rings. The summed E-state index contributed by atoms with van der Waals surface area (Å²) < 4.78 is 5.79. The number of nitrogens with zero attached hydrogens (tertiary/aromatic N) is 1. The van der Waals surface area contributed by atoms with Crippen molar-refractivity contribution in [2.75, 3.05) is 6.54 Å². The molecule has 0 saturated heterocycles. The van der Waals surface area contributed by atoms with Gasteiger partial charge in [-0.25, -0.2) is 0 Å². The highest BCUT2D eigenvalue weighted by Gasteiger charge is 2.07. The second-order valence-corrected chi connectivity index (χ2v) is 4.60. The van der Waals surface area contributed by atoms with Crippen molar-refractivity contribution in [1.29, 1.82) is 0 Å². The molecule has 0 heterocycles. The lowest BCUT2D eigenvalue weighted by Crippen LogP contribution is -2.12. The van der Waals surface area contributed by atoms with E-state index in [2.05, 4.69) is 5.32 Å². The molecule has 0 aliphatic heterocycles. The minimum Gasteiger partial charge on any atom is -0.489 e. The Labute approximate surface area is 123 Å². The fourth-order valence-corrected chi connectivity index (χ4v) is 1.97. The number of nitrogens with one attached hydrogen (secondary N) is 1. The quantitative estimate of drug-likeness (QED) is 0.626. The van der Waals surface area contributed by atoms with E-state index in [1.807, 2.05) is 37.3 Å². The lowest BCUT2D eigenvalue weighted by Gasteiger charge is -2.11. The molecule has 5 nitrogen and oxygen atoms in total. The molecule has 110 valence electrons. The monoisotopic (exact) mass is 286 g/mol. The fraction of sp³-hybridized carbons (Fsp3) is 0.250. The maximum atomic E-state index is 10.8. The summed E-state index contributed by atoms with van der Waals surface area (Å²) in [6, 6.07) is 14.3. The number of rotatable bonds is 7. The molecule has 2 aromatic carbocycles. The summed E-state index contributed by atoms with van der Waals surface area (Å²) in [7, 11) is 0. The number of hydrogen-bond acceptors (Lipinski definition) is 4. The number of para-hydroxylation sites is 1. The van der Waals surface area contributed by atoms with Gasteiger partial charge in [-0.05, 0) is 18.2 Å². The van der Waals surface area contributed by atoms with Crippen molar-refractivity contribution < 1.29 is 9.66 Å². The maximum absolute atomic E-state index is 10.8. The van der Waals surface area contributed by atoms with Crippen LogP contribution in [0.2, 0.25) is 0 Å². The highest BCUT2D eigenvalue weighted by Crippen LogP contribution is 2.20. The van der Waals surface area contributed by atoms with Gasteiger partial charge in [0.15, 0.2) is 0 Å². The number of hydrogen-bond donors (Lipinski definition) is 1. The summed E-state index contributed by atoms with van der Waals surface area (Å²) in [5, 5.41) is 14.0. The van der Waals surface area contributed by atoms with Gasteiger partial charge in [0.2, 0.25) is 0 Å². The van der Waals surface area contributed by atoms with Gasteiger partial charge in [0, 0.05) is 24.2 Å². The first kappa shape index (κ1) is 15.0. The van der Waals surface area contributed by atoms with E-state index in [4.69, 9.17) is 4.74 Å².